The smallest absolute Gasteiger partial charge is 0.223 e. The molecule has 0 radical (unpaired) electrons. The summed E-state index contributed by atoms with van der Waals surface area (Å²) < 4.78 is 26.7. The van der Waals surface area contributed by atoms with Crippen molar-refractivity contribution in [1.29, 1.82) is 0 Å². The number of carbonyl (C=O) groups excluding carboxylic acids is 1. The van der Waals surface area contributed by atoms with Crippen LogP contribution in [0.4, 0.5) is 8.78 Å². The Kier molecular flexibility index (Phi) is 3.88. The van der Waals surface area contributed by atoms with Gasteiger partial charge in [0.2, 0.25) is 5.91 Å². The highest BCUT2D eigenvalue weighted by molar-refractivity contribution is 5.79. The second-order valence-corrected chi connectivity index (χ2v) is 5.68. The third-order valence-corrected chi connectivity index (χ3v) is 4.07. The van der Waals surface area contributed by atoms with Crippen molar-refractivity contribution >= 4 is 5.91 Å². The first-order chi connectivity index (χ1) is 10.5. The van der Waals surface area contributed by atoms with Crippen molar-refractivity contribution in [2.24, 2.45) is 0 Å². The number of halogens is 2. The fraction of sp³-hybridized carbons (Fsp3) is 0.294. The fourth-order valence-corrected chi connectivity index (χ4v) is 2.84. The molecular formula is C17H16F2N2O. The third-order valence-electron chi connectivity index (χ3n) is 4.07. The molecule has 0 bridgehead atoms. The van der Waals surface area contributed by atoms with Crippen LogP contribution in [0.2, 0.25) is 0 Å². The van der Waals surface area contributed by atoms with Gasteiger partial charge in [-0.1, -0.05) is 0 Å². The van der Waals surface area contributed by atoms with Crippen molar-refractivity contribution in [2.45, 2.75) is 25.8 Å². The Hall–Kier alpha value is -2.30. The molecular weight excluding hydrogens is 285 g/mol. The first-order valence-electron chi connectivity index (χ1n) is 7.16. The number of amides is 1. The van der Waals surface area contributed by atoms with Gasteiger partial charge in [-0.3, -0.25) is 9.78 Å². The molecule has 1 aromatic heterocycles. The molecule has 1 aliphatic heterocycles. The first-order valence-corrected chi connectivity index (χ1v) is 7.16. The van der Waals surface area contributed by atoms with E-state index in [0.29, 0.717) is 18.7 Å². The lowest BCUT2D eigenvalue weighted by molar-refractivity contribution is -0.128. The van der Waals surface area contributed by atoms with Crippen molar-refractivity contribution in [3.05, 3.63) is 65.0 Å². The van der Waals surface area contributed by atoms with Crippen LogP contribution < -0.4 is 0 Å². The minimum absolute atomic E-state index is 0.00545. The summed E-state index contributed by atoms with van der Waals surface area (Å²) >= 11 is 0. The zero-order chi connectivity index (χ0) is 15.7. The molecule has 1 aromatic carbocycles. The lowest BCUT2D eigenvalue weighted by Gasteiger charge is -2.18. The van der Waals surface area contributed by atoms with Gasteiger partial charge >= 0.3 is 0 Å². The van der Waals surface area contributed by atoms with Gasteiger partial charge in [0.05, 0.1) is 0 Å². The van der Waals surface area contributed by atoms with Crippen LogP contribution in [0.1, 0.15) is 29.0 Å². The second-order valence-electron chi connectivity index (χ2n) is 5.68. The summed E-state index contributed by atoms with van der Waals surface area (Å²) in [6.07, 6.45) is 3.74. The van der Waals surface area contributed by atoms with Crippen LogP contribution in [-0.2, 0) is 11.3 Å². The number of pyridine rings is 1. The zero-order valence-electron chi connectivity index (χ0n) is 12.2. The van der Waals surface area contributed by atoms with Crippen LogP contribution in [0.15, 0.2) is 36.7 Å². The second kappa shape index (κ2) is 5.83. The van der Waals surface area contributed by atoms with Crippen LogP contribution in [0.25, 0.3) is 0 Å². The van der Waals surface area contributed by atoms with Crippen LogP contribution in [0.3, 0.4) is 0 Å². The van der Waals surface area contributed by atoms with Gasteiger partial charge in [0, 0.05) is 43.9 Å². The highest BCUT2D eigenvalue weighted by atomic mass is 19.1. The van der Waals surface area contributed by atoms with Crippen molar-refractivity contribution in [3.63, 3.8) is 0 Å². The number of aryl methyl sites for hydroxylation is 1. The average molecular weight is 301 g/mol. The van der Waals surface area contributed by atoms with Crippen LogP contribution in [0.5, 0.6) is 0 Å². The van der Waals surface area contributed by atoms with Gasteiger partial charge in [0.25, 0.3) is 0 Å². The Morgan fingerprint density at radius 1 is 1.27 bits per heavy atom. The van der Waals surface area contributed by atoms with E-state index in [4.69, 9.17) is 0 Å². The predicted octanol–water partition coefficient (Wildman–Crippen LogP) is 3.18. The molecule has 114 valence electrons. The maximum Gasteiger partial charge on any atom is 0.223 e. The number of carbonyl (C=O) groups is 1. The van der Waals surface area contributed by atoms with Gasteiger partial charge in [0.15, 0.2) is 0 Å². The van der Waals surface area contributed by atoms with Crippen molar-refractivity contribution in [2.75, 3.05) is 6.54 Å². The summed E-state index contributed by atoms with van der Waals surface area (Å²) in [5, 5.41) is 0. The Bertz CT molecular complexity index is 697. The maximum atomic E-state index is 13.3. The maximum absolute atomic E-state index is 13.3. The SMILES string of the molecule is Cc1cnccc1CN1CC(c2cc(F)cc([18F])c2)CC1=O. The molecule has 1 aliphatic rings. The molecule has 1 saturated heterocycles. The molecule has 0 aliphatic carbocycles. The lowest BCUT2D eigenvalue weighted by Crippen LogP contribution is -2.24. The number of hydrogen-bond acceptors (Lipinski definition) is 2. The molecule has 0 spiro atoms. The summed E-state index contributed by atoms with van der Waals surface area (Å²) in [6.45, 7) is 2.92. The van der Waals surface area contributed by atoms with E-state index >= 15 is 0 Å². The summed E-state index contributed by atoms with van der Waals surface area (Å²) in [5.41, 5.74) is 2.60. The van der Waals surface area contributed by atoms with Gasteiger partial charge in [0.1, 0.15) is 11.6 Å². The Morgan fingerprint density at radius 2 is 2.00 bits per heavy atom. The largest absolute Gasteiger partial charge is 0.338 e. The Labute approximate surface area is 127 Å². The number of nitrogens with zero attached hydrogens (tertiary/aromatic N) is 2. The lowest BCUT2D eigenvalue weighted by atomic mass is 9.98. The Morgan fingerprint density at radius 3 is 2.68 bits per heavy atom. The average Bonchev–Trinajstić information content (AvgIpc) is 2.82. The van der Waals surface area contributed by atoms with Crippen LogP contribution in [0, 0.1) is 18.6 Å². The van der Waals surface area contributed by atoms with Crippen LogP contribution in [-0.4, -0.2) is 22.3 Å². The molecule has 0 saturated carbocycles. The molecule has 22 heavy (non-hydrogen) atoms. The molecule has 1 unspecified atom stereocenters. The van der Waals surface area contributed by atoms with E-state index in [-0.39, 0.29) is 18.2 Å². The minimum atomic E-state index is -0.606. The van der Waals surface area contributed by atoms with Crippen LogP contribution >= 0.6 is 0 Å². The van der Waals surface area contributed by atoms with E-state index in [2.05, 4.69) is 4.98 Å². The molecule has 0 N–H and O–H groups in total. The molecule has 3 rings (SSSR count). The normalized spacial score (nSPS) is 18.0. The van der Waals surface area contributed by atoms with E-state index in [1.807, 2.05) is 13.0 Å². The predicted molar refractivity (Wildman–Crippen MR) is 78.1 cm³/mol. The summed E-state index contributed by atoms with van der Waals surface area (Å²) in [7, 11) is 0. The minimum Gasteiger partial charge on any atom is -0.338 e. The van der Waals surface area contributed by atoms with E-state index < -0.39 is 11.6 Å². The summed E-state index contributed by atoms with van der Waals surface area (Å²) in [4.78, 5) is 17.9. The van der Waals surface area contributed by atoms with Gasteiger partial charge in [-0.2, -0.15) is 0 Å². The topological polar surface area (TPSA) is 33.2 Å². The van der Waals surface area contributed by atoms with Crippen molar-refractivity contribution in [1.82, 2.24) is 9.88 Å². The summed E-state index contributed by atoms with van der Waals surface area (Å²) in [6, 6.07) is 5.35. The quantitative estimate of drug-likeness (QED) is 0.872. The molecule has 1 fully saturated rings. The zero-order valence-corrected chi connectivity index (χ0v) is 12.2. The number of benzene rings is 1. The Balaban J connectivity index is 1.77. The van der Waals surface area contributed by atoms with Gasteiger partial charge in [-0.15, -0.1) is 0 Å². The summed E-state index contributed by atoms with van der Waals surface area (Å²) in [5.74, 6) is -1.37. The van der Waals surface area contributed by atoms with E-state index in [1.54, 1.807) is 17.3 Å². The molecule has 2 heterocycles. The van der Waals surface area contributed by atoms with Gasteiger partial charge in [-0.05, 0) is 41.8 Å². The van der Waals surface area contributed by atoms with E-state index in [0.717, 1.165) is 17.2 Å². The van der Waals surface area contributed by atoms with E-state index in [1.165, 1.54) is 12.1 Å². The first kappa shape index (κ1) is 14.6. The van der Waals surface area contributed by atoms with Crippen molar-refractivity contribution in [3.8, 4) is 0 Å². The fourth-order valence-electron chi connectivity index (χ4n) is 2.84. The highest BCUT2D eigenvalue weighted by Crippen LogP contribution is 2.30. The van der Waals surface area contributed by atoms with Gasteiger partial charge in [-0.25, -0.2) is 8.78 Å². The molecule has 1 atom stereocenters. The molecule has 1 amide bonds. The highest BCUT2D eigenvalue weighted by Gasteiger charge is 2.31. The third kappa shape index (κ3) is 2.98. The monoisotopic (exact) mass is 301 g/mol. The molecule has 5 heteroatoms. The van der Waals surface area contributed by atoms with E-state index in [9.17, 15) is 13.6 Å². The van der Waals surface area contributed by atoms with Gasteiger partial charge < -0.3 is 4.90 Å². The number of likely N-dealkylation sites (tertiary alicyclic amines) is 1. The number of hydrogen-bond donors (Lipinski definition) is 0. The molecule has 3 nitrogen and oxygen atoms in total. The van der Waals surface area contributed by atoms with Crippen molar-refractivity contribution < 1.29 is 13.6 Å². The standard InChI is InChI=1S/C17H16F2N2O/c1-11-8-20-3-2-12(11)9-21-10-14(6-17(21)22)13-4-15(18)7-16(19)5-13/h2-5,7-8,14H,6,9-10H2,1H3/i18-1. The molecule has 2 aromatic rings. The number of aromatic nitrogens is 1. The number of rotatable bonds is 3.